The first-order valence-corrected chi connectivity index (χ1v) is 5.82. The molecule has 1 aliphatic carbocycles. The third kappa shape index (κ3) is 2.70. The molecule has 0 unspecified atom stereocenters. The fourth-order valence-electron chi connectivity index (χ4n) is 2.11. The normalized spacial score (nSPS) is 33.2. The van der Waals surface area contributed by atoms with Crippen molar-refractivity contribution in [2.24, 2.45) is 5.92 Å². The Hall–Kier alpha value is -1.40. The van der Waals surface area contributed by atoms with E-state index >= 15 is 0 Å². The van der Waals surface area contributed by atoms with Crippen molar-refractivity contribution in [3.63, 3.8) is 0 Å². The average molecular weight is 256 g/mol. The summed E-state index contributed by atoms with van der Waals surface area (Å²) in [6.07, 6.45) is 4.23. The zero-order valence-corrected chi connectivity index (χ0v) is 10.4. The largest absolute Gasteiger partial charge is 0.465 e. The Morgan fingerprint density at radius 2 is 2.06 bits per heavy atom. The number of esters is 2. The maximum atomic E-state index is 10.9. The maximum Gasteiger partial charge on any atom is 0.302 e. The molecule has 0 saturated carbocycles. The van der Waals surface area contributed by atoms with E-state index in [1.165, 1.54) is 13.8 Å². The Morgan fingerprint density at radius 3 is 2.61 bits per heavy atom. The number of hydrogen-bond acceptors (Lipinski definition) is 6. The van der Waals surface area contributed by atoms with Gasteiger partial charge in [0.2, 0.25) is 0 Å². The molecular formula is C12H16O6. The third-order valence-electron chi connectivity index (χ3n) is 3.12. The quantitative estimate of drug-likeness (QED) is 0.420. The van der Waals surface area contributed by atoms with Crippen molar-refractivity contribution in [1.29, 1.82) is 0 Å². The van der Waals surface area contributed by atoms with E-state index in [1.54, 1.807) is 0 Å². The lowest BCUT2D eigenvalue weighted by Crippen LogP contribution is -2.54. The van der Waals surface area contributed by atoms with E-state index in [1.807, 2.05) is 12.2 Å². The molecule has 3 atom stereocenters. The Balaban J connectivity index is 2.05. The molecule has 0 aromatic heterocycles. The fourth-order valence-corrected chi connectivity index (χ4v) is 2.11. The number of fused-ring (bicyclic) bond motifs is 2. The molecule has 0 amide bonds. The van der Waals surface area contributed by atoms with Gasteiger partial charge in [-0.1, -0.05) is 6.08 Å². The molecule has 3 rings (SSSR count). The van der Waals surface area contributed by atoms with E-state index in [0.29, 0.717) is 6.42 Å². The molecule has 2 heterocycles. The second-order valence-electron chi connectivity index (χ2n) is 4.55. The van der Waals surface area contributed by atoms with Crippen LogP contribution >= 0.6 is 0 Å². The van der Waals surface area contributed by atoms with Crippen LogP contribution in [0.2, 0.25) is 0 Å². The van der Waals surface area contributed by atoms with Gasteiger partial charge in [-0.15, -0.1) is 0 Å². The Kier molecular flexibility index (Phi) is 3.68. The summed E-state index contributed by atoms with van der Waals surface area (Å²) in [7, 11) is 0. The predicted octanol–water partition coefficient (Wildman–Crippen LogP) is 0.758. The topological polar surface area (TPSA) is 71.1 Å². The molecule has 0 aromatic rings. The first-order chi connectivity index (χ1) is 8.52. The van der Waals surface area contributed by atoms with Crippen LogP contribution < -0.4 is 0 Å². The van der Waals surface area contributed by atoms with Gasteiger partial charge in [0.05, 0.1) is 6.61 Å². The van der Waals surface area contributed by atoms with Gasteiger partial charge in [0.1, 0.15) is 12.7 Å². The van der Waals surface area contributed by atoms with Crippen LogP contribution in [-0.2, 0) is 28.8 Å². The van der Waals surface area contributed by atoms with Gasteiger partial charge >= 0.3 is 11.9 Å². The molecule has 6 nitrogen and oxygen atoms in total. The maximum absolute atomic E-state index is 10.9. The van der Waals surface area contributed by atoms with E-state index in [-0.39, 0.29) is 37.2 Å². The first kappa shape index (κ1) is 13.0. The van der Waals surface area contributed by atoms with E-state index in [2.05, 4.69) is 0 Å². The highest BCUT2D eigenvalue weighted by atomic mass is 17.2. The molecule has 0 aromatic carbocycles. The van der Waals surface area contributed by atoms with Gasteiger partial charge in [-0.2, -0.15) is 0 Å². The van der Waals surface area contributed by atoms with Crippen molar-refractivity contribution in [1.82, 2.24) is 0 Å². The van der Waals surface area contributed by atoms with E-state index in [9.17, 15) is 9.59 Å². The molecular weight excluding hydrogens is 240 g/mol. The standard InChI is InChI=1S/C12H16O6/c1-8(13)15-6-10-5-11-3-4-12(10,18-17-11)7-16-9(2)14/h3-4,10-11H,5-7H2,1-2H3/t10-,11-,12-/m1/s1. The molecule has 0 N–H and O–H groups in total. The summed E-state index contributed by atoms with van der Waals surface area (Å²) in [6.45, 7) is 2.96. The van der Waals surface area contributed by atoms with Crippen LogP contribution in [0.1, 0.15) is 20.3 Å². The molecule has 18 heavy (non-hydrogen) atoms. The molecule has 1 fully saturated rings. The van der Waals surface area contributed by atoms with E-state index < -0.39 is 5.60 Å². The van der Waals surface area contributed by atoms with Crippen LogP contribution in [-0.4, -0.2) is 36.9 Å². The highest BCUT2D eigenvalue weighted by molar-refractivity contribution is 5.66. The minimum Gasteiger partial charge on any atom is -0.465 e. The van der Waals surface area contributed by atoms with Crippen molar-refractivity contribution in [3.8, 4) is 0 Å². The highest BCUT2D eigenvalue weighted by Gasteiger charge is 2.49. The van der Waals surface area contributed by atoms with Crippen LogP contribution in [0.5, 0.6) is 0 Å². The summed E-state index contributed by atoms with van der Waals surface area (Å²) in [5.74, 6) is -0.811. The summed E-state index contributed by atoms with van der Waals surface area (Å²) >= 11 is 0. The van der Waals surface area contributed by atoms with Crippen molar-refractivity contribution < 1.29 is 28.8 Å². The molecule has 2 aliphatic heterocycles. The SMILES string of the molecule is CC(=O)OC[C@H]1C[C@H]2C=C[C@]1(COC(C)=O)OO2. The molecule has 100 valence electrons. The number of carbonyl (C=O) groups excluding carboxylic acids is 2. The molecule has 3 aliphatic rings. The lowest BCUT2D eigenvalue weighted by Gasteiger charge is -2.45. The summed E-state index contributed by atoms with van der Waals surface area (Å²) in [6, 6.07) is 0. The van der Waals surface area contributed by atoms with Crippen molar-refractivity contribution in [2.45, 2.75) is 32.0 Å². The molecule has 0 radical (unpaired) electrons. The van der Waals surface area contributed by atoms with Crippen molar-refractivity contribution in [2.75, 3.05) is 13.2 Å². The van der Waals surface area contributed by atoms with Crippen molar-refractivity contribution in [3.05, 3.63) is 12.2 Å². The minimum absolute atomic E-state index is 0.0531. The number of hydrogen-bond donors (Lipinski definition) is 0. The van der Waals surface area contributed by atoms with Crippen LogP contribution in [0.4, 0.5) is 0 Å². The van der Waals surface area contributed by atoms with Gasteiger partial charge in [0.25, 0.3) is 0 Å². The predicted molar refractivity (Wildman–Crippen MR) is 59.2 cm³/mol. The van der Waals surface area contributed by atoms with Gasteiger partial charge in [0.15, 0.2) is 5.60 Å². The number of ether oxygens (including phenoxy) is 2. The van der Waals surface area contributed by atoms with Gasteiger partial charge in [-0.3, -0.25) is 9.59 Å². The summed E-state index contributed by atoms with van der Waals surface area (Å²) in [5.41, 5.74) is -0.851. The van der Waals surface area contributed by atoms with Crippen LogP contribution in [0.15, 0.2) is 12.2 Å². The summed E-state index contributed by atoms with van der Waals surface area (Å²) < 4.78 is 10.0. The molecule has 2 bridgehead atoms. The second kappa shape index (κ2) is 5.07. The summed E-state index contributed by atoms with van der Waals surface area (Å²) in [5, 5.41) is 0. The Bertz CT molecular complexity index is 377. The van der Waals surface area contributed by atoms with Gasteiger partial charge in [-0.25, -0.2) is 9.78 Å². The van der Waals surface area contributed by atoms with Crippen molar-refractivity contribution >= 4 is 11.9 Å². The van der Waals surface area contributed by atoms with Crippen LogP contribution in [0.25, 0.3) is 0 Å². The molecule has 6 heteroatoms. The fraction of sp³-hybridized carbons (Fsp3) is 0.667. The van der Waals surface area contributed by atoms with Gasteiger partial charge < -0.3 is 9.47 Å². The van der Waals surface area contributed by atoms with Gasteiger partial charge in [-0.05, 0) is 12.5 Å². The number of carbonyl (C=O) groups is 2. The smallest absolute Gasteiger partial charge is 0.302 e. The lowest BCUT2D eigenvalue weighted by molar-refractivity contribution is -0.416. The van der Waals surface area contributed by atoms with E-state index in [0.717, 1.165) is 0 Å². The average Bonchev–Trinajstić information content (AvgIpc) is 2.35. The molecule has 1 saturated heterocycles. The monoisotopic (exact) mass is 256 g/mol. The van der Waals surface area contributed by atoms with Gasteiger partial charge in [0, 0.05) is 19.8 Å². The molecule has 0 spiro atoms. The first-order valence-electron chi connectivity index (χ1n) is 5.82. The second-order valence-corrected chi connectivity index (χ2v) is 4.55. The minimum atomic E-state index is -0.851. The lowest BCUT2D eigenvalue weighted by atomic mass is 9.79. The Morgan fingerprint density at radius 1 is 1.33 bits per heavy atom. The van der Waals surface area contributed by atoms with Crippen LogP contribution in [0.3, 0.4) is 0 Å². The third-order valence-corrected chi connectivity index (χ3v) is 3.12. The number of rotatable bonds is 4. The van der Waals surface area contributed by atoms with E-state index in [4.69, 9.17) is 19.2 Å². The zero-order chi connectivity index (χ0) is 13.2. The highest BCUT2D eigenvalue weighted by Crippen LogP contribution is 2.39. The van der Waals surface area contributed by atoms with Crippen LogP contribution in [0, 0.1) is 5.92 Å². The Labute approximate surface area is 105 Å². The zero-order valence-electron chi connectivity index (χ0n) is 10.4. The summed E-state index contributed by atoms with van der Waals surface area (Å²) in [4.78, 5) is 32.2.